The molecule has 52 valence electrons. The molecule has 0 amide bonds. The smallest absolute Gasteiger partial charge is 0.0755 e. The number of quaternary nitrogens is 1. The number of rotatable bonds is 0. The van der Waals surface area contributed by atoms with E-state index in [1.165, 1.54) is 39.3 Å². The first-order valence-corrected chi connectivity index (χ1v) is 3.54. The lowest BCUT2D eigenvalue weighted by Gasteiger charge is -2.05. The Morgan fingerprint density at radius 1 is 1.22 bits per heavy atom. The SMILES string of the molecule is C1CC[NH2+]CC1.CC#N. The third-order valence-corrected chi connectivity index (χ3v) is 1.32. The Bertz CT molecular complexity index is 67.9. The number of nitriles is 1. The van der Waals surface area contributed by atoms with Crippen LogP contribution in [0.5, 0.6) is 0 Å². The Morgan fingerprint density at radius 3 is 1.78 bits per heavy atom. The van der Waals surface area contributed by atoms with E-state index < -0.39 is 0 Å². The standard InChI is InChI=1S/C5H11N.C2H3N/c1-2-4-6-5-3-1;1-2-3/h6H,1-5H2;1H3/p+1. The second-order valence-electron chi connectivity index (χ2n) is 2.15. The minimum atomic E-state index is 1.38. The second kappa shape index (κ2) is 7.45. The van der Waals surface area contributed by atoms with Gasteiger partial charge in [0.2, 0.25) is 0 Å². The molecule has 2 N–H and O–H groups in total. The van der Waals surface area contributed by atoms with Gasteiger partial charge in [0.1, 0.15) is 0 Å². The van der Waals surface area contributed by atoms with Crippen molar-refractivity contribution in [1.29, 1.82) is 5.26 Å². The van der Waals surface area contributed by atoms with E-state index >= 15 is 0 Å². The highest BCUT2D eigenvalue weighted by Crippen LogP contribution is 1.91. The van der Waals surface area contributed by atoms with Crippen molar-refractivity contribution >= 4 is 0 Å². The Balaban J connectivity index is 0.000000187. The number of piperidine rings is 1. The van der Waals surface area contributed by atoms with Gasteiger partial charge >= 0.3 is 0 Å². The highest BCUT2D eigenvalue weighted by atomic mass is 14.9. The maximum Gasteiger partial charge on any atom is 0.0755 e. The number of hydrogen-bond donors (Lipinski definition) is 1. The largest absolute Gasteiger partial charge is 0.346 e. The molecule has 0 aromatic heterocycles. The van der Waals surface area contributed by atoms with E-state index in [0.29, 0.717) is 0 Å². The molecule has 1 saturated heterocycles. The zero-order valence-electron chi connectivity index (χ0n) is 6.06. The summed E-state index contributed by atoms with van der Waals surface area (Å²) in [7, 11) is 0. The average Bonchev–Trinajstić information content (AvgIpc) is 1.93. The number of nitrogens with zero attached hydrogens (tertiary/aromatic N) is 1. The van der Waals surface area contributed by atoms with Gasteiger partial charge in [-0.3, -0.25) is 0 Å². The zero-order chi connectivity index (χ0) is 6.95. The summed E-state index contributed by atoms with van der Waals surface area (Å²) >= 11 is 0. The molecule has 0 spiro atoms. The van der Waals surface area contributed by atoms with E-state index in [9.17, 15) is 0 Å². The van der Waals surface area contributed by atoms with E-state index in [4.69, 9.17) is 5.26 Å². The molecule has 0 aromatic rings. The molecule has 1 aliphatic heterocycles. The fourth-order valence-electron chi connectivity index (χ4n) is 0.898. The lowest BCUT2D eigenvalue weighted by atomic mass is 10.2. The van der Waals surface area contributed by atoms with Crippen molar-refractivity contribution in [3.63, 3.8) is 0 Å². The third-order valence-electron chi connectivity index (χ3n) is 1.32. The first-order valence-electron chi connectivity index (χ1n) is 3.54. The quantitative estimate of drug-likeness (QED) is 0.498. The molecule has 0 bridgehead atoms. The van der Waals surface area contributed by atoms with Gasteiger partial charge in [-0.25, -0.2) is 0 Å². The minimum absolute atomic E-state index is 1.38. The fraction of sp³-hybridized carbons (Fsp3) is 0.857. The van der Waals surface area contributed by atoms with Crippen LogP contribution < -0.4 is 5.32 Å². The molecule has 2 nitrogen and oxygen atoms in total. The summed E-state index contributed by atoms with van der Waals surface area (Å²) in [6.45, 7) is 4.18. The van der Waals surface area contributed by atoms with Crippen molar-refractivity contribution < 1.29 is 5.32 Å². The highest BCUT2D eigenvalue weighted by molar-refractivity contribution is 4.51. The van der Waals surface area contributed by atoms with Gasteiger partial charge in [-0.1, -0.05) is 0 Å². The predicted octanol–water partition coefficient (Wildman–Crippen LogP) is 0.264. The van der Waals surface area contributed by atoms with Crippen molar-refractivity contribution in [3.05, 3.63) is 0 Å². The Morgan fingerprint density at radius 2 is 1.67 bits per heavy atom. The first kappa shape index (κ1) is 8.45. The summed E-state index contributed by atoms with van der Waals surface area (Å²) in [6, 6.07) is 1.75. The van der Waals surface area contributed by atoms with Crippen LogP contribution in [0.2, 0.25) is 0 Å². The second-order valence-corrected chi connectivity index (χ2v) is 2.15. The molecule has 1 aliphatic rings. The summed E-state index contributed by atoms with van der Waals surface area (Å²) in [5.74, 6) is 0. The number of nitrogens with two attached hydrogens (primary N) is 1. The van der Waals surface area contributed by atoms with Crippen LogP contribution in [-0.4, -0.2) is 13.1 Å². The van der Waals surface area contributed by atoms with Crippen LogP contribution in [0.15, 0.2) is 0 Å². The molecular formula is C7H15N2+. The lowest BCUT2D eigenvalue weighted by molar-refractivity contribution is -0.662. The Hall–Kier alpha value is -0.550. The molecule has 0 radical (unpaired) electrons. The molecule has 9 heavy (non-hydrogen) atoms. The maximum atomic E-state index is 7.32. The molecule has 1 fully saturated rings. The van der Waals surface area contributed by atoms with Gasteiger partial charge in [0.25, 0.3) is 0 Å². The fourth-order valence-corrected chi connectivity index (χ4v) is 0.898. The molecule has 1 heterocycles. The van der Waals surface area contributed by atoms with E-state index in [0.717, 1.165) is 0 Å². The topological polar surface area (TPSA) is 40.4 Å². The molecule has 0 unspecified atom stereocenters. The summed E-state index contributed by atoms with van der Waals surface area (Å²) in [6.07, 6.45) is 4.36. The van der Waals surface area contributed by atoms with E-state index in [1.54, 1.807) is 6.07 Å². The van der Waals surface area contributed by atoms with E-state index in [-0.39, 0.29) is 0 Å². The van der Waals surface area contributed by atoms with Crippen LogP contribution in [0.1, 0.15) is 26.2 Å². The van der Waals surface area contributed by atoms with Crippen molar-refractivity contribution in [2.24, 2.45) is 0 Å². The van der Waals surface area contributed by atoms with Gasteiger partial charge in [-0.15, -0.1) is 0 Å². The monoisotopic (exact) mass is 127 g/mol. The van der Waals surface area contributed by atoms with Crippen LogP contribution in [0, 0.1) is 11.3 Å². The minimum Gasteiger partial charge on any atom is -0.346 e. The van der Waals surface area contributed by atoms with Crippen LogP contribution >= 0.6 is 0 Å². The number of hydrogen-bond acceptors (Lipinski definition) is 1. The maximum absolute atomic E-state index is 7.32. The summed E-state index contributed by atoms with van der Waals surface area (Å²) < 4.78 is 0. The van der Waals surface area contributed by atoms with Crippen molar-refractivity contribution in [2.45, 2.75) is 26.2 Å². The van der Waals surface area contributed by atoms with Crippen LogP contribution in [0.25, 0.3) is 0 Å². The van der Waals surface area contributed by atoms with Crippen molar-refractivity contribution in [1.82, 2.24) is 0 Å². The molecule has 0 saturated carbocycles. The molecule has 1 rings (SSSR count). The van der Waals surface area contributed by atoms with E-state index in [2.05, 4.69) is 5.32 Å². The lowest BCUT2D eigenvalue weighted by Crippen LogP contribution is -2.85. The van der Waals surface area contributed by atoms with Crippen LogP contribution in [-0.2, 0) is 0 Å². The summed E-state index contributed by atoms with van der Waals surface area (Å²) in [5, 5.41) is 9.71. The molecular weight excluding hydrogens is 112 g/mol. The Kier molecular flexibility index (Phi) is 6.99. The molecule has 0 aliphatic carbocycles. The normalized spacial score (nSPS) is 16.9. The van der Waals surface area contributed by atoms with Crippen molar-refractivity contribution in [2.75, 3.05) is 13.1 Å². The van der Waals surface area contributed by atoms with Gasteiger partial charge in [0.05, 0.1) is 19.2 Å². The van der Waals surface area contributed by atoms with Gasteiger partial charge in [-0.05, 0) is 19.3 Å². The molecule has 0 atom stereocenters. The summed E-state index contributed by atoms with van der Waals surface area (Å²) in [4.78, 5) is 0. The third kappa shape index (κ3) is 7.45. The summed E-state index contributed by atoms with van der Waals surface area (Å²) in [5.41, 5.74) is 0. The van der Waals surface area contributed by atoms with Gasteiger partial charge < -0.3 is 5.32 Å². The van der Waals surface area contributed by atoms with Crippen LogP contribution in [0.3, 0.4) is 0 Å². The highest BCUT2D eigenvalue weighted by Gasteiger charge is 1.97. The zero-order valence-corrected chi connectivity index (χ0v) is 6.06. The van der Waals surface area contributed by atoms with Crippen molar-refractivity contribution in [3.8, 4) is 6.07 Å². The van der Waals surface area contributed by atoms with Gasteiger partial charge in [0, 0.05) is 6.92 Å². The average molecular weight is 127 g/mol. The molecule has 2 heteroatoms. The Labute approximate surface area is 56.9 Å². The van der Waals surface area contributed by atoms with Crippen LogP contribution in [0.4, 0.5) is 0 Å². The predicted molar refractivity (Wildman–Crippen MR) is 36.8 cm³/mol. The molecule has 0 aromatic carbocycles. The van der Waals surface area contributed by atoms with E-state index in [1.807, 2.05) is 0 Å². The van der Waals surface area contributed by atoms with Gasteiger partial charge in [0.15, 0.2) is 0 Å². The van der Waals surface area contributed by atoms with Gasteiger partial charge in [-0.2, -0.15) is 5.26 Å². The first-order chi connectivity index (χ1) is 4.41.